The number of hydrogen-bond donors (Lipinski definition) is 0. The second kappa shape index (κ2) is 35.3. The molecular formula is C28H60O4P2S4Zn3. The Morgan fingerprint density at radius 2 is 0.707 bits per heavy atom. The normalized spacial score (nSPS) is 13.0. The van der Waals surface area contributed by atoms with Crippen molar-refractivity contribution in [1.29, 1.82) is 0 Å². The molecule has 0 heterocycles. The molecule has 0 amide bonds. The topological polar surface area (TPSA) is 92.2 Å². The summed E-state index contributed by atoms with van der Waals surface area (Å²) in [4.78, 5) is 46.5. The van der Waals surface area contributed by atoms with Crippen molar-refractivity contribution in [3.05, 3.63) is 0 Å². The molecule has 0 saturated carbocycles. The van der Waals surface area contributed by atoms with Crippen LogP contribution in [0.4, 0.5) is 0 Å². The Morgan fingerprint density at radius 1 is 0.463 bits per heavy atom. The summed E-state index contributed by atoms with van der Waals surface area (Å²) in [7, 11) is -1.09. The predicted molar refractivity (Wildman–Crippen MR) is 178 cm³/mol. The molecule has 0 saturated heterocycles. The zero-order valence-electron chi connectivity index (χ0n) is 27.6. The second-order valence-corrected chi connectivity index (χ2v) is 26.8. The largest absolute Gasteiger partial charge is 2.00 e. The monoisotopic (exact) mass is 842 g/mol. The molecule has 41 heavy (non-hydrogen) atoms. The standard InChI is InChI=1S/2C14H30O2PS2.3Zn/c2*1-4-5-6-9-12-19(17(15,16)18)13-10-7-8-11-14(2)3;;;/h2*14H,4-13H2,1-3H3;;;/q2*-3;3*+2. The molecule has 2 unspecified atom stereocenters. The third kappa shape index (κ3) is 40.1. The van der Waals surface area contributed by atoms with Gasteiger partial charge in [-0.1, -0.05) is 119 Å². The van der Waals surface area contributed by atoms with E-state index in [1.165, 1.54) is 51.4 Å². The van der Waals surface area contributed by atoms with Crippen LogP contribution in [0, 0.1) is 11.8 Å². The molecule has 4 nitrogen and oxygen atoms in total. The Labute approximate surface area is 310 Å². The average Bonchev–Trinajstić information content (AvgIpc) is 2.79. The molecule has 236 valence electrons. The van der Waals surface area contributed by atoms with Gasteiger partial charge in [0.05, 0.1) is 0 Å². The molecular weight excluding hydrogens is 787 g/mol. The Bertz CT molecular complexity index is 604. The molecule has 0 N–H and O–H groups in total. The van der Waals surface area contributed by atoms with Gasteiger partial charge in [-0.25, -0.2) is 20.1 Å². The number of unbranched alkanes of at least 4 members (excludes halogenated alkanes) is 10. The summed E-state index contributed by atoms with van der Waals surface area (Å²) in [5, 5.41) is 0. The summed E-state index contributed by atoms with van der Waals surface area (Å²) in [5.74, 6) is 4.69. The van der Waals surface area contributed by atoms with E-state index in [1.54, 1.807) is 0 Å². The molecule has 13 heteroatoms. The van der Waals surface area contributed by atoms with E-state index in [0.29, 0.717) is 0 Å². The van der Waals surface area contributed by atoms with Crippen LogP contribution in [-0.2, 0) is 103 Å². The SMILES string of the molecule is CCCCCCS(CCCCCC(C)C)=P([O-])([O-])[S-].CCCCCCS(CCCCCC(C)C)=P([O-])([O-])[S-].[Zn+2].[Zn+2].[Zn+2]. The Hall–Kier alpha value is 3.97. The zero-order valence-corrected chi connectivity index (χ0v) is 41.5. The van der Waals surface area contributed by atoms with Crippen molar-refractivity contribution in [2.75, 3.05) is 23.0 Å². The quantitative estimate of drug-likeness (QED) is 0.0523. The second-order valence-electron chi connectivity index (χ2n) is 11.2. The number of hydrogen-bond acceptors (Lipinski definition) is 6. The molecule has 0 radical (unpaired) electrons. The van der Waals surface area contributed by atoms with Crippen LogP contribution in [0.15, 0.2) is 0 Å². The van der Waals surface area contributed by atoms with E-state index in [9.17, 15) is 19.6 Å². The molecule has 0 aliphatic carbocycles. The van der Waals surface area contributed by atoms with Crippen LogP contribution in [0.3, 0.4) is 0 Å². The summed E-state index contributed by atoms with van der Waals surface area (Å²) >= 11 is 9.43. The summed E-state index contributed by atoms with van der Waals surface area (Å²) < 4.78 is 0. The maximum absolute atomic E-state index is 11.6. The minimum Gasteiger partial charge on any atom is -0.854 e. The molecule has 0 aliphatic heterocycles. The van der Waals surface area contributed by atoms with E-state index >= 15 is 0 Å². The van der Waals surface area contributed by atoms with E-state index in [1.807, 2.05) is 0 Å². The van der Waals surface area contributed by atoms with Crippen molar-refractivity contribution in [2.24, 2.45) is 11.8 Å². The Morgan fingerprint density at radius 3 is 0.902 bits per heavy atom. The van der Waals surface area contributed by atoms with Crippen LogP contribution in [-0.4, -0.2) is 23.0 Å². The smallest absolute Gasteiger partial charge is 0.854 e. The van der Waals surface area contributed by atoms with Gasteiger partial charge in [0.2, 0.25) is 0 Å². The molecule has 0 aromatic carbocycles. The fraction of sp³-hybridized carbons (Fsp3) is 1.00. The molecule has 0 aliphatic rings. The van der Waals surface area contributed by atoms with E-state index in [2.05, 4.69) is 41.5 Å². The molecule has 0 fully saturated rings. The van der Waals surface area contributed by atoms with Crippen molar-refractivity contribution < 1.29 is 78.0 Å². The van der Waals surface area contributed by atoms with Crippen molar-refractivity contribution >= 4 is 56.0 Å². The summed E-state index contributed by atoms with van der Waals surface area (Å²) in [6.07, 6.45) is 18.3. The fourth-order valence-electron chi connectivity index (χ4n) is 4.04. The third-order valence-corrected chi connectivity index (χ3v) is 20.5. The number of rotatable bonds is 22. The summed E-state index contributed by atoms with van der Waals surface area (Å²) in [6, 6.07) is 0. The summed E-state index contributed by atoms with van der Waals surface area (Å²) in [5.41, 5.74) is -7.06. The van der Waals surface area contributed by atoms with Crippen molar-refractivity contribution in [1.82, 2.24) is 0 Å². The van der Waals surface area contributed by atoms with Gasteiger partial charge in [0, 0.05) is 0 Å². The van der Waals surface area contributed by atoms with Gasteiger partial charge in [-0.15, -0.1) is 0 Å². The first-order chi connectivity index (χ1) is 17.8. The minimum atomic E-state index is -3.53. The van der Waals surface area contributed by atoms with Crippen molar-refractivity contribution in [3.8, 4) is 0 Å². The van der Waals surface area contributed by atoms with Crippen molar-refractivity contribution in [2.45, 2.75) is 144 Å². The van der Waals surface area contributed by atoms with Crippen molar-refractivity contribution in [3.63, 3.8) is 0 Å². The van der Waals surface area contributed by atoms with Crippen LogP contribution in [0.1, 0.15) is 144 Å². The molecule has 0 rings (SSSR count). The zero-order chi connectivity index (χ0) is 29.5. The maximum atomic E-state index is 11.6. The minimum absolute atomic E-state index is 0. The molecule has 0 aromatic rings. The maximum Gasteiger partial charge on any atom is 2.00 e. The van der Waals surface area contributed by atoms with Gasteiger partial charge >= 0.3 is 58.4 Å². The molecule has 0 aromatic heterocycles. The van der Waals surface area contributed by atoms with E-state index in [0.717, 1.165) is 86.2 Å². The van der Waals surface area contributed by atoms with Crippen LogP contribution in [0.2, 0.25) is 0 Å². The molecule has 0 bridgehead atoms. The third-order valence-electron chi connectivity index (χ3n) is 6.42. The van der Waals surface area contributed by atoms with Gasteiger partial charge in [-0.2, -0.15) is 0 Å². The Kier molecular flexibility index (Phi) is 46.8. The average molecular weight is 847 g/mol. The first-order valence-electron chi connectivity index (χ1n) is 15.2. The van der Waals surface area contributed by atoms with E-state index in [4.69, 9.17) is 24.5 Å². The van der Waals surface area contributed by atoms with Gasteiger partial charge in [0.1, 0.15) is 0 Å². The van der Waals surface area contributed by atoms with Gasteiger partial charge < -0.3 is 55.5 Å². The van der Waals surface area contributed by atoms with Crippen LogP contribution >= 0.6 is 11.4 Å². The summed E-state index contributed by atoms with van der Waals surface area (Å²) in [6.45, 7) is 13.3. The Balaban J connectivity index is -0.000000196. The van der Waals surface area contributed by atoms with Gasteiger partial charge in [-0.3, -0.25) is 0 Å². The van der Waals surface area contributed by atoms with Gasteiger partial charge in [0.25, 0.3) is 0 Å². The molecule has 0 spiro atoms. The van der Waals surface area contributed by atoms with E-state index < -0.39 is 31.5 Å². The van der Waals surface area contributed by atoms with Crippen LogP contribution < -0.4 is 19.6 Å². The molecule has 2 atom stereocenters. The van der Waals surface area contributed by atoms with Gasteiger partial charge in [0.15, 0.2) is 0 Å². The van der Waals surface area contributed by atoms with E-state index in [-0.39, 0.29) is 58.4 Å². The first kappa shape index (κ1) is 54.4. The van der Waals surface area contributed by atoms with Crippen LogP contribution in [0.5, 0.6) is 0 Å². The van der Waals surface area contributed by atoms with Gasteiger partial charge in [-0.05, 0) is 60.5 Å². The first-order valence-corrected chi connectivity index (χ1v) is 24.8. The predicted octanol–water partition coefficient (Wildman–Crippen LogP) is 6.69. The van der Waals surface area contributed by atoms with Crippen LogP contribution in [0.25, 0.3) is 0 Å². The fourth-order valence-corrected chi connectivity index (χ4v) is 14.4.